The maximum absolute atomic E-state index is 2.56. The highest BCUT2D eigenvalue weighted by Gasteiger charge is 2.24. The predicted octanol–water partition coefficient (Wildman–Crippen LogP) is 14.5. The van der Waals surface area contributed by atoms with Gasteiger partial charge in [-0.25, -0.2) is 0 Å². The monoisotopic (exact) mass is 746 g/mol. The lowest BCUT2D eigenvalue weighted by Gasteiger charge is -2.26. The second kappa shape index (κ2) is 14.3. The molecule has 1 aliphatic carbocycles. The first-order valence-electron chi connectivity index (χ1n) is 20.4. The van der Waals surface area contributed by atoms with Gasteiger partial charge >= 0.3 is 0 Å². The van der Waals surface area contributed by atoms with E-state index in [9.17, 15) is 0 Å². The Kier molecular flexibility index (Phi) is 8.40. The van der Waals surface area contributed by atoms with Gasteiger partial charge in [0.05, 0.1) is 16.6 Å². The van der Waals surface area contributed by atoms with Gasteiger partial charge in [0, 0.05) is 67.4 Å². The van der Waals surface area contributed by atoms with E-state index in [2.05, 4.69) is 225 Å². The molecule has 0 saturated heterocycles. The normalized spacial score (nSPS) is 12.6. The number of hydrogen-bond donors (Lipinski definition) is 0. The molecular formula is C54H42N4. The van der Waals surface area contributed by atoms with Crippen LogP contribution in [-0.4, -0.2) is 9.13 Å². The van der Waals surface area contributed by atoms with Crippen LogP contribution in [-0.2, 0) is 12.8 Å². The van der Waals surface area contributed by atoms with Crippen LogP contribution in [0.5, 0.6) is 0 Å². The van der Waals surface area contributed by atoms with Crippen LogP contribution in [0.4, 0.5) is 34.1 Å². The first kappa shape index (κ1) is 34.0. The van der Waals surface area contributed by atoms with Crippen LogP contribution >= 0.6 is 0 Å². The number of hydrogen-bond acceptors (Lipinski definition) is 2. The fourth-order valence-corrected chi connectivity index (χ4v) is 9.28. The van der Waals surface area contributed by atoms with Crippen LogP contribution in [0.3, 0.4) is 0 Å². The zero-order chi connectivity index (χ0) is 38.4. The summed E-state index contributed by atoms with van der Waals surface area (Å²) in [7, 11) is 0. The first-order valence-corrected chi connectivity index (χ1v) is 20.4. The smallest absolute Gasteiger partial charge is 0.0562 e. The minimum absolute atomic E-state index is 1.08. The molecule has 58 heavy (non-hydrogen) atoms. The van der Waals surface area contributed by atoms with Crippen LogP contribution in [0.25, 0.3) is 44.1 Å². The van der Waals surface area contributed by atoms with E-state index in [1.807, 2.05) is 0 Å². The van der Waals surface area contributed by atoms with E-state index >= 15 is 0 Å². The maximum Gasteiger partial charge on any atom is 0.0562 e. The van der Waals surface area contributed by atoms with E-state index in [-0.39, 0.29) is 0 Å². The van der Waals surface area contributed by atoms with E-state index in [4.69, 9.17) is 0 Å². The molecule has 4 nitrogen and oxygen atoms in total. The Morgan fingerprint density at radius 1 is 0.310 bits per heavy atom. The van der Waals surface area contributed by atoms with Gasteiger partial charge in [-0.05, 0) is 147 Å². The molecule has 4 heteroatoms. The highest BCUT2D eigenvalue weighted by molar-refractivity contribution is 6.14. The molecule has 0 N–H and O–H groups in total. The third-order valence-electron chi connectivity index (χ3n) is 11.9. The number of fused-ring (bicyclic) bond motifs is 6. The van der Waals surface area contributed by atoms with Gasteiger partial charge in [0.25, 0.3) is 0 Å². The van der Waals surface area contributed by atoms with Crippen molar-refractivity contribution < 1.29 is 0 Å². The van der Waals surface area contributed by atoms with Crippen LogP contribution < -0.4 is 9.80 Å². The maximum atomic E-state index is 2.56. The highest BCUT2D eigenvalue weighted by Crippen LogP contribution is 2.42. The van der Waals surface area contributed by atoms with Crippen molar-refractivity contribution in [3.05, 3.63) is 218 Å². The first-order chi connectivity index (χ1) is 28.8. The van der Waals surface area contributed by atoms with E-state index in [1.165, 1.54) is 62.5 Å². The van der Waals surface area contributed by atoms with Crippen LogP contribution in [0.1, 0.15) is 24.1 Å². The zero-order valence-corrected chi connectivity index (χ0v) is 32.2. The minimum atomic E-state index is 1.08. The fraction of sp³-hybridized carbons (Fsp3) is 0.0741. The summed E-state index contributed by atoms with van der Waals surface area (Å²) in [4.78, 5) is 4.65. The SMILES string of the molecule is c1ccc(N(c2ccccc2)c2ccc(-n3c4c(c5cc6c7ccccc7n(-c7ccc(N(c8ccccc8)c8ccccc8)cc7)c6cc53)CCCC4)cc2)cc1. The Bertz CT molecular complexity index is 2940. The molecule has 0 aliphatic heterocycles. The molecule has 8 aromatic carbocycles. The lowest BCUT2D eigenvalue weighted by molar-refractivity contribution is 0.667. The molecule has 0 amide bonds. The summed E-state index contributed by atoms with van der Waals surface area (Å²) < 4.78 is 5.02. The van der Waals surface area contributed by atoms with Crippen LogP contribution in [0.2, 0.25) is 0 Å². The highest BCUT2D eigenvalue weighted by atomic mass is 15.1. The van der Waals surface area contributed by atoms with Gasteiger partial charge in [0.2, 0.25) is 0 Å². The Balaban J connectivity index is 1.06. The summed E-state index contributed by atoms with van der Waals surface area (Å²) in [6.45, 7) is 0. The molecule has 0 fully saturated rings. The van der Waals surface area contributed by atoms with Crippen molar-refractivity contribution >= 4 is 66.8 Å². The summed E-state index contributed by atoms with van der Waals surface area (Å²) in [5.74, 6) is 0. The summed E-state index contributed by atoms with van der Waals surface area (Å²) in [6, 6.07) is 74.6. The molecule has 10 aromatic rings. The van der Waals surface area contributed by atoms with Gasteiger partial charge in [-0.2, -0.15) is 0 Å². The molecular weight excluding hydrogens is 705 g/mol. The average molecular weight is 747 g/mol. The molecule has 0 atom stereocenters. The Morgan fingerprint density at radius 3 is 1.24 bits per heavy atom. The summed E-state index contributed by atoms with van der Waals surface area (Å²) in [5, 5.41) is 3.95. The molecule has 0 spiro atoms. The van der Waals surface area contributed by atoms with Gasteiger partial charge < -0.3 is 18.9 Å². The molecule has 2 heterocycles. The number of benzene rings is 8. The van der Waals surface area contributed by atoms with Crippen molar-refractivity contribution in [2.75, 3.05) is 9.80 Å². The third kappa shape index (κ3) is 5.76. The average Bonchev–Trinajstić information content (AvgIpc) is 3.80. The molecule has 0 bridgehead atoms. The minimum Gasteiger partial charge on any atom is -0.313 e. The summed E-state index contributed by atoms with van der Waals surface area (Å²) in [5.41, 5.74) is 15.8. The predicted molar refractivity (Wildman–Crippen MR) is 244 cm³/mol. The number of aromatic nitrogens is 2. The van der Waals surface area contributed by atoms with Crippen LogP contribution in [0.15, 0.2) is 206 Å². The third-order valence-corrected chi connectivity index (χ3v) is 11.9. The topological polar surface area (TPSA) is 16.3 Å². The molecule has 0 saturated carbocycles. The van der Waals surface area contributed by atoms with Gasteiger partial charge in [-0.1, -0.05) is 91.0 Å². The van der Waals surface area contributed by atoms with E-state index in [1.54, 1.807) is 0 Å². The Labute approximate surface area is 339 Å². The lowest BCUT2D eigenvalue weighted by Crippen LogP contribution is -2.10. The van der Waals surface area contributed by atoms with Crippen molar-refractivity contribution in [3.8, 4) is 11.4 Å². The van der Waals surface area contributed by atoms with Crippen molar-refractivity contribution in [1.82, 2.24) is 9.13 Å². The molecule has 278 valence electrons. The van der Waals surface area contributed by atoms with Crippen molar-refractivity contribution in [2.24, 2.45) is 0 Å². The quantitative estimate of drug-likeness (QED) is 0.154. The van der Waals surface area contributed by atoms with Gasteiger partial charge in [-0.15, -0.1) is 0 Å². The number of rotatable bonds is 8. The van der Waals surface area contributed by atoms with Crippen molar-refractivity contribution in [1.29, 1.82) is 0 Å². The van der Waals surface area contributed by atoms with Gasteiger partial charge in [0.1, 0.15) is 0 Å². The molecule has 0 unspecified atom stereocenters. The van der Waals surface area contributed by atoms with Crippen molar-refractivity contribution in [2.45, 2.75) is 25.7 Å². The lowest BCUT2D eigenvalue weighted by atomic mass is 9.95. The molecule has 1 aliphatic rings. The number of anilines is 6. The second-order valence-electron chi connectivity index (χ2n) is 15.3. The van der Waals surface area contributed by atoms with Gasteiger partial charge in [0.15, 0.2) is 0 Å². The Morgan fingerprint density at radius 2 is 0.724 bits per heavy atom. The van der Waals surface area contributed by atoms with E-state index in [0.717, 1.165) is 52.7 Å². The van der Waals surface area contributed by atoms with Crippen molar-refractivity contribution in [3.63, 3.8) is 0 Å². The number of aryl methyl sites for hydroxylation is 1. The summed E-state index contributed by atoms with van der Waals surface area (Å²) in [6.07, 6.45) is 4.62. The van der Waals surface area contributed by atoms with E-state index in [0.29, 0.717) is 0 Å². The number of para-hydroxylation sites is 5. The number of nitrogens with zero attached hydrogens (tertiary/aromatic N) is 4. The molecule has 0 radical (unpaired) electrons. The molecule has 2 aromatic heterocycles. The van der Waals surface area contributed by atoms with Gasteiger partial charge in [-0.3, -0.25) is 0 Å². The molecule has 11 rings (SSSR count). The zero-order valence-electron chi connectivity index (χ0n) is 32.2. The largest absolute Gasteiger partial charge is 0.313 e. The second-order valence-corrected chi connectivity index (χ2v) is 15.3. The Hall–Kier alpha value is -7.30. The van der Waals surface area contributed by atoms with Crippen LogP contribution in [0, 0.1) is 0 Å². The summed E-state index contributed by atoms with van der Waals surface area (Å²) >= 11 is 0. The fourth-order valence-electron chi connectivity index (χ4n) is 9.28. The standard InChI is InChI=1S/C54H42N4/c1-5-17-39(18-6-1)55(40-19-7-2-8-20-40)43-29-33-45(34-30-43)57-51-27-15-13-25-47(51)49-37-50-48-26-14-16-28-52(48)58(54(50)38-53(49)57)46-35-31-44(32-36-46)56(41-21-9-3-10-22-41)42-23-11-4-12-24-42/h1-13,15,17-25,27,29-38H,14,16,26,28H2. The van der Waals surface area contributed by atoms with E-state index < -0.39 is 0 Å².